The van der Waals surface area contributed by atoms with E-state index >= 15 is 0 Å². The van der Waals surface area contributed by atoms with E-state index in [1.165, 1.54) is 24.3 Å². The van der Waals surface area contributed by atoms with E-state index in [1.807, 2.05) is 18.2 Å². The molecule has 0 bridgehead atoms. The highest BCUT2D eigenvalue weighted by molar-refractivity contribution is 6.30. The van der Waals surface area contributed by atoms with Crippen LogP contribution < -0.4 is 16.2 Å². The molecule has 146 valence electrons. The van der Waals surface area contributed by atoms with Gasteiger partial charge in [-0.1, -0.05) is 41.9 Å². The van der Waals surface area contributed by atoms with Gasteiger partial charge in [0.25, 0.3) is 5.91 Å². The SMILES string of the molecule is O=C(/C=C/c1cccc(Cl)c1)Nc1cccc(CNC(=O)c2cccc(=O)[nH]2)c1. The lowest BCUT2D eigenvalue weighted by molar-refractivity contribution is -0.111. The minimum Gasteiger partial charge on any atom is -0.347 e. The van der Waals surface area contributed by atoms with Crippen LogP contribution in [0.5, 0.6) is 0 Å². The Morgan fingerprint density at radius 1 is 1.00 bits per heavy atom. The smallest absolute Gasteiger partial charge is 0.268 e. The lowest BCUT2D eigenvalue weighted by Gasteiger charge is -2.08. The number of hydrogen-bond donors (Lipinski definition) is 3. The van der Waals surface area contributed by atoms with Gasteiger partial charge in [-0.25, -0.2) is 0 Å². The maximum atomic E-state index is 12.1. The molecule has 0 radical (unpaired) electrons. The van der Waals surface area contributed by atoms with Crippen LogP contribution >= 0.6 is 11.6 Å². The third-order valence-corrected chi connectivity index (χ3v) is 4.17. The molecule has 3 aromatic rings. The number of aromatic amines is 1. The molecule has 2 amide bonds. The van der Waals surface area contributed by atoms with E-state index in [0.29, 0.717) is 10.7 Å². The molecule has 1 heterocycles. The molecule has 0 fully saturated rings. The number of halogens is 1. The largest absolute Gasteiger partial charge is 0.347 e. The van der Waals surface area contributed by atoms with Crippen molar-refractivity contribution < 1.29 is 9.59 Å². The van der Waals surface area contributed by atoms with Crippen molar-refractivity contribution in [2.75, 3.05) is 5.32 Å². The van der Waals surface area contributed by atoms with Gasteiger partial charge in [-0.3, -0.25) is 14.4 Å². The minimum absolute atomic E-state index is 0.188. The number of carbonyl (C=O) groups excluding carboxylic acids is 2. The quantitative estimate of drug-likeness (QED) is 0.545. The highest BCUT2D eigenvalue weighted by Crippen LogP contribution is 2.13. The summed E-state index contributed by atoms with van der Waals surface area (Å²) in [5, 5.41) is 6.10. The second-order valence-electron chi connectivity index (χ2n) is 6.19. The number of rotatable bonds is 6. The topological polar surface area (TPSA) is 91.1 Å². The predicted octanol–water partition coefficient (Wildman–Crippen LogP) is 3.61. The molecule has 0 spiro atoms. The van der Waals surface area contributed by atoms with Gasteiger partial charge in [-0.15, -0.1) is 0 Å². The summed E-state index contributed by atoms with van der Waals surface area (Å²) in [4.78, 5) is 38.0. The van der Waals surface area contributed by atoms with E-state index in [4.69, 9.17) is 11.6 Å². The number of hydrogen-bond acceptors (Lipinski definition) is 3. The Bertz CT molecular complexity index is 1120. The maximum absolute atomic E-state index is 12.1. The Balaban J connectivity index is 1.58. The third-order valence-electron chi connectivity index (χ3n) is 3.94. The first kappa shape index (κ1) is 20.1. The molecule has 0 aliphatic carbocycles. The Morgan fingerprint density at radius 3 is 2.59 bits per heavy atom. The fourth-order valence-electron chi connectivity index (χ4n) is 2.58. The monoisotopic (exact) mass is 407 g/mol. The summed E-state index contributed by atoms with van der Waals surface area (Å²) in [6.45, 7) is 0.248. The zero-order chi connectivity index (χ0) is 20.6. The number of benzene rings is 2. The zero-order valence-corrected chi connectivity index (χ0v) is 16.1. The Morgan fingerprint density at radius 2 is 1.79 bits per heavy atom. The van der Waals surface area contributed by atoms with Crippen LogP contribution in [-0.4, -0.2) is 16.8 Å². The van der Waals surface area contributed by atoms with Crippen molar-refractivity contribution in [3.05, 3.63) is 105 Å². The molecule has 7 heteroatoms. The second-order valence-corrected chi connectivity index (χ2v) is 6.63. The third kappa shape index (κ3) is 6.19. The Kier molecular flexibility index (Phi) is 6.60. The Hall–Kier alpha value is -3.64. The van der Waals surface area contributed by atoms with Crippen molar-refractivity contribution >= 4 is 35.2 Å². The molecule has 1 aromatic heterocycles. The van der Waals surface area contributed by atoms with Gasteiger partial charge in [0.15, 0.2) is 0 Å². The van der Waals surface area contributed by atoms with Gasteiger partial charge >= 0.3 is 0 Å². The number of aromatic nitrogens is 1. The molecule has 2 aromatic carbocycles. The van der Waals surface area contributed by atoms with Crippen LogP contribution in [-0.2, 0) is 11.3 Å². The van der Waals surface area contributed by atoms with Crippen LogP contribution in [0.2, 0.25) is 5.02 Å². The lowest BCUT2D eigenvalue weighted by Crippen LogP contribution is -2.25. The lowest BCUT2D eigenvalue weighted by atomic mass is 10.2. The first-order valence-corrected chi connectivity index (χ1v) is 9.18. The zero-order valence-electron chi connectivity index (χ0n) is 15.3. The second kappa shape index (κ2) is 9.52. The van der Waals surface area contributed by atoms with Crippen LogP contribution in [0, 0.1) is 0 Å². The molecular weight excluding hydrogens is 390 g/mol. The van der Waals surface area contributed by atoms with E-state index in [0.717, 1.165) is 11.1 Å². The van der Waals surface area contributed by atoms with Gasteiger partial charge in [0.2, 0.25) is 11.5 Å². The van der Waals surface area contributed by atoms with Crippen molar-refractivity contribution in [2.45, 2.75) is 6.54 Å². The van der Waals surface area contributed by atoms with Gasteiger partial charge in [0.05, 0.1) is 0 Å². The van der Waals surface area contributed by atoms with Gasteiger partial charge in [-0.2, -0.15) is 0 Å². The van der Waals surface area contributed by atoms with Gasteiger partial charge in [-0.05, 0) is 47.5 Å². The normalized spacial score (nSPS) is 10.7. The molecule has 3 rings (SSSR count). The van der Waals surface area contributed by atoms with E-state index < -0.39 is 0 Å². The van der Waals surface area contributed by atoms with Crippen molar-refractivity contribution in [2.24, 2.45) is 0 Å². The van der Waals surface area contributed by atoms with Gasteiger partial charge < -0.3 is 15.6 Å². The Labute approximate surface area is 172 Å². The average Bonchev–Trinajstić information content (AvgIpc) is 2.71. The number of H-pyrrole nitrogens is 1. The summed E-state index contributed by atoms with van der Waals surface area (Å²) < 4.78 is 0. The number of amides is 2. The van der Waals surface area contributed by atoms with Crippen LogP contribution in [0.1, 0.15) is 21.6 Å². The van der Waals surface area contributed by atoms with Crippen LogP contribution in [0.4, 0.5) is 5.69 Å². The number of carbonyl (C=O) groups is 2. The predicted molar refractivity (Wildman–Crippen MR) is 114 cm³/mol. The van der Waals surface area contributed by atoms with Crippen molar-refractivity contribution in [3.63, 3.8) is 0 Å². The fraction of sp³-hybridized carbons (Fsp3) is 0.0455. The molecule has 0 atom stereocenters. The van der Waals surface area contributed by atoms with Crippen molar-refractivity contribution in [3.8, 4) is 0 Å². The maximum Gasteiger partial charge on any atom is 0.268 e. The van der Waals surface area contributed by atoms with Crippen LogP contribution in [0.3, 0.4) is 0 Å². The fourth-order valence-corrected chi connectivity index (χ4v) is 2.78. The molecule has 3 N–H and O–H groups in total. The van der Waals surface area contributed by atoms with Gasteiger partial charge in [0, 0.05) is 29.4 Å². The summed E-state index contributed by atoms with van der Waals surface area (Å²) in [7, 11) is 0. The molecule has 0 aliphatic rings. The number of anilines is 1. The average molecular weight is 408 g/mol. The molecule has 0 unspecified atom stereocenters. The standard InChI is InChI=1S/C22H18ClN3O3/c23-17-6-1-4-15(12-17)10-11-21(28)25-18-7-2-5-16(13-18)14-24-22(29)19-8-3-9-20(27)26-19/h1-13H,14H2,(H,24,29)(H,25,28)(H,26,27)/b11-10+. The van der Waals surface area contributed by atoms with Crippen LogP contribution in [0.15, 0.2) is 77.6 Å². The summed E-state index contributed by atoms with van der Waals surface area (Å²) in [6, 6.07) is 18.7. The van der Waals surface area contributed by atoms with E-state index in [2.05, 4.69) is 15.6 Å². The molecule has 29 heavy (non-hydrogen) atoms. The van der Waals surface area contributed by atoms with Crippen molar-refractivity contribution in [1.29, 1.82) is 0 Å². The van der Waals surface area contributed by atoms with Crippen LogP contribution in [0.25, 0.3) is 6.08 Å². The summed E-state index contributed by atoms with van der Waals surface area (Å²) in [5.41, 5.74) is 2.07. The van der Waals surface area contributed by atoms with Gasteiger partial charge in [0.1, 0.15) is 5.69 Å². The van der Waals surface area contributed by atoms with Crippen molar-refractivity contribution in [1.82, 2.24) is 10.3 Å². The highest BCUT2D eigenvalue weighted by atomic mass is 35.5. The molecule has 6 nitrogen and oxygen atoms in total. The molecule has 0 saturated heterocycles. The minimum atomic E-state index is -0.387. The molecular formula is C22H18ClN3O3. The first-order chi connectivity index (χ1) is 14.0. The van der Waals surface area contributed by atoms with E-state index in [9.17, 15) is 14.4 Å². The number of pyridine rings is 1. The van der Waals surface area contributed by atoms with E-state index in [-0.39, 0.29) is 29.6 Å². The first-order valence-electron chi connectivity index (χ1n) is 8.81. The molecule has 0 aliphatic heterocycles. The number of nitrogens with one attached hydrogen (secondary N) is 3. The highest BCUT2D eigenvalue weighted by Gasteiger charge is 2.06. The summed E-state index contributed by atoms with van der Waals surface area (Å²) in [6.07, 6.45) is 3.10. The summed E-state index contributed by atoms with van der Waals surface area (Å²) >= 11 is 5.92. The molecule has 0 saturated carbocycles. The van der Waals surface area contributed by atoms with E-state index in [1.54, 1.807) is 36.4 Å². The summed E-state index contributed by atoms with van der Waals surface area (Å²) in [5.74, 6) is -0.672.